The van der Waals surface area contributed by atoms with Gasteiger partial charge in [-0.1, -0.05) is 15.9 Å². The Morgan fingerprint density at radius 1 is 1.55 bits per heavy atom. The van der Waals surface area contributed by atoms with E-state index in [9.17, 15) is 14.3 Å². The number of aliphatic imine (C=N–C) groups is 1. The van der Waals surface area contributed by atoms with Gasteiger partial charge in [0.05, 0.1) is 18.2 Å². The number of hydrogen-bond acceptors (Lipinski definition) is 4. The lowest BCUT2D eigenvalue weighted by molar-refractivity contribution is -0.137. The average Bonchev–Trinajstić information content (AvgIpc) is 3.27. The molecule has 0 spiro atoms. The summed E-state index contributed by atoms with van der Waals surface area (Å²) in [5.74, 6) is -1.81. The average molecular weight is 370 g/mol. The first-order valence-electron chi connectivity index (χ1n) is 7.03. The van der Waals surface area contributed by atoms with Gasteiger partial charge in [0.2, 0.25) is 0 Å². The van der Waals surface area contributed by atoms with E-state index in [1.807, 2.05) is 0 Å². The Labute approximate surface area is 136 Å². The van der Waals surface area contributed by atoms with Crippen molar-refractivity contribution in [2.24, 2.45) is 4.99 Å². The largest absolute Gasteiger partial charge is 0.506 e. The highest BCUT2D eigenvalue weighted by atomic mass is 79.9. The van der Waals surface area contributed by atoms with E-state index in [1.54, 1.807) is 13.8 Å². The predicted octanol–water partition coefficient (Wildman–Crippen LogP) is 3.96. The van der Waals surface area contributed by atoms with Crippen LogP contribution in [-0.4, -0.2) is 29.9 Å². The number of carbonyl (C=O) groups is 1. The zero-order valence-corrected chi connectivity index (χ0v) is 14.0. The summed E-state index contributed by atoms with van der Waals surface area (Å²) in [5.41, 5.74) is 0.561. The SMILES string of the molecule is CCOC(=O)C(C=NC1CC1)=C(O)c1cc(C)c(Br)cc1F. The Kier molecular flexibility index (Phi) is 5.34. The third-order valence-electron chi connectivity index (χ3n) is 3.22. The van der Waals surface area contributed by atoms with E-state index in [-0.39, 0.29) is 23.8 Å². The lowest BCUT2D eigenvalue weighted by Gasteiger charge is -2.09. The summed E-state index contributed by atoms with van der Waals surface area (Å²) in [6.45, 7) is 3.59. The summed E-state index contributed by atoms with van der Waals surface area (Å²) < 4.78 is 19.6. The molecular weight excluding hydrogens is 353 g/mol. The van der Waals surface area contributed by atoms with Gasteiger partial charge in [0.1, 0.15) is 17.1 Å². The number of aliphatic hydroxyl groups excluding tert-OH is 1. The van der Waals surface area contributed by atoms with Gasteiger partial charge in [0.15, 0.2) is 0 Å². The summed E-state index contributed by atoms with van der Waals surface area (Å²) >= 11 is 3.22. The van der Waals surface area contributed by atoms with Gasteiger partial charge in [-0.05, 0) is 44.4 Å². The van der Waals surface area contributed by atoms with Crippen LogP contribution in [0.2, 0.25) is 0 Å². The van der Waals surface area contributed by atoms with Gasteiger partial charge >= 0.3 is 5.97 Å². The van der Waals surface area contributed by atoms with Crippen molar-refractivity contribution >= 4 is 33.9 Å². The fourth-order valence-electron chi connectivity index (χ4n) is 1.81. The number of hydrogen-bond donors (Lipinski definition) is 1. The van der Waals surface area contributed by atoms with Crippen molar-refractivity contribution < 1.29 is 19.0 Å². The lowest BCUT2D eigenvalue weighted by Crippen LogP contribution is -2.12. The highest BCUT2D eigenvalue weighted by molar-refractivity contribution is 9.10. The summed E-state index contributed by atoms with van der Waals surface area (Å²) in [4.78, 5) is 16.2. The second-order valence-electron chi connectivity index (χ2n) is 5.07. The van der Waals surface area contributed by atoms with Crippen LogP contribution in [0.25, 0.3) is 5.76 Å². The van der Waals surface area contributed by atoms with E-state index in [2.05, 4.69) is 20.9 Å². The molecule has 118 valence electrons. The molecule has 6 heteroatoms. The molecule has 0 heterocycles. The lowest BCUT2D eigenvalue weighted by atomic mass is 10.1. The normalized spacial score (nSPS) is 15.8. The summed E-state index contributed by atoms with van der Waals surface area (Å²) in [5, 5.41) is 10.3. The molecule has 1 fully saturated rings. The Morgan fingerprint density at radius 2 is 2.23 bits per heavy atom. The molecule has 0 atom stereocenters. The number of benzene rings is 1. The quantitative estimate of drug-likeness (QED) is 0.369. The molecule has 0 aromatic heterocycles. The van der Waals surface area contributed by atoms with E-state index in [1.165, 1.54) is 18.3 Å². The molecule has 0 saturated heterocycles. The third kappa shape index (κ3) is 3.94. The first-order valence-corrected chi connectivity index (χ1v) is 7.82. The van der Waals surface area contributed by atoms with Crippen molar-refractivity contribution in [3.8, 4) is 0 Å². The second-order valence-corrected chi connectivity index (χ2v) is 5.93. The Morgan fingerprint density at radius 3 is 2.82 bits per heavy atom. The minimum absolute atomic E-state index is 0.0500. The van der Waals surface area contributed by atoms with Gasteiger partial charge in [-0.15, -0.1) is 0 Å². The van der Waals surface area contributed by atoms with Gasteiger partial charge in [0.25, 0.3) is 0 Å². The zero-order chi connectivity index (χ0) is 16.3. The van der Waals surface area contributed by atoms with Crippen molar-refractivity contribution in [2.45, 2.75) is 32.7 Å². The molecule has 1 aliphatic carbocycles. The second kappa shape index (κ2) is 7.05. The predicted molar refractivity (Wildman–Crippen MR) is 86.5 cm³/mol. The van der Waals surface area contributed by atoms with Crippen molar-refractivity contribution in [1.29, 1.82) is 0 Å². The maximum absolute atomic E-state index is 14.1. The Hall–Kier alpha value is -1.69. The van der Waals surface area contributed by atoms with E-state index in [4.69, 9.17) is 4.74 Å². The number of rotatable bonds is 5. The molecule has 2 rings (SSSR count). The fourth-order valence-corrected chi connectivity index (χ4v) is 2.12. The maximum Gasteiger partial charge on any atom is 0.343 e. The van der Waals surface area contributed by atoms with E-state index < -0.39 is 17.5 Å². The summed E-state index contributed by atoms with van der Waals surface area (Å²) in [6.07, 6.45) is 3.19. The molecule has 1 N–H and O–H groups in total. The molecule has 1 saturated carbocycles. The molecular formula is C16H17BrFNO3. The van der Waals surface area contributed by atoms with Crippen LogP contribution in [0.15, 0.2) is 27.2 Å². The van der Waals surface area contributed by atoms with Gasteiger partial charge in [0, 0.05) is 10.7 Å². The molecule has 0 bridgehead atoms. The number of carbonyl (C=O) groups excluding carboxylic acids is 1. The van der Waals surface area contributed by atoms with Crippen molar-refractivity contribution in [3.63, 3.8) is 0 Å². The number of aryl methyl sites for hydroxylation is 1. The van der Waals surface area contributed by atoms with Crippen LogP contribution < -0.4 is 0 Å². The first kappa shape index (κ1) is 16.7. The van der Waals surface area contributed by atoms with Crippen LogP contribution in [0.5, 0.6) is 0 Å². The maximum atomic E-state index is 14.1. The Bertz CT molecular complexity index is 651. The van der Waals surface area contributed by atoms with Gasteiger partial charge < -0.3 is 9.84 Å². The molecule has 22 heavy (non-hydrogen) atoms. The van der Waals surface area contributed by atoms with Crippen LogP contribution >= 0.6 is 15.9 Å². The number of nitrogens with zero attached hydrogens (tertiary/aromatic N) is 1. The molecule has 4 nitrogen and oxygen atoms in total. The Balaban J connectivity index is 2.47. The third-order valence-corrected chi connectivity index (χ3v) is 4.07. The summed E-state index contributed by atoms with van der Waals surface area (Å²) in [7, 11) is 0. The standard InChI is InChI=1S/C16H17BrFNO3/c1-3-22-16(21)12(8-19-10-4-5-10)15(20)11-6-9(2)13(17)7-14(11)18/h6-8,10,20H,3-5H2,1-2H3. The van der Waals surface area contributed by atoms with Gasteiger partial charge in [-0.2, -0.15) is 0 Å². The van der Waals surface area contributed by atoms with Gasteiger partial charge in [-0.25, -0.2) is 9.18 Å². The van der Waals surface area contributed by atoms with E-state index in [0.29, 0.717) is 4.47 Å². The molecule has 0 radical (unpaired) electrons. The number of ether oxygens (including phenoxy) is 1. The van der Waals surface area contributed by atoms with Crippen LogP contribution in [0.1, 0.15) is 30.9 Å². The van der Waals surface area contributed by atoms with E-state index in [0.717, 1.165) is 18.4 Å². The number of aliphatic hydroxyl groups is 1. The molecule has 0 amide bonds. The topological polar surface area (TPSA) is 58.9 Å². The molecule has 0 aliphatic heterocycles. The van der Waals surface area contributed by atoms with Crippen molar-refractivity contribution in [3.05, 3.63) is 39.1 Å². The van der Waals surface area contributed by atoms with Crippen molar-refractivity contribution in [1.82, 2.24) is 0 Å². The molecule has 0 unspecified atom stereocenters. The highest BCUT2D eigenvalue weighted by Gasteiger charge is 2.23. The smallest absolute Gasteiger partial charge is 0.343 e. The van der Waals surface area contributed by atoms with Crippen molar-refractivity contribution in [2.75, 3.05) is 6.61 Å². The van der Waals surface area contributed by atoms with Crippen LogP contribution in [0.4, 0.5) is 4.39 Å². The monoisotopic (exact) mass is 369 g/mol. The molecule has 1 aromatic carbocycles. The number of esters is 1. The van der Waals surface area contributed by atoms with Crippen LogP contribution in [0, 0.1) is 12.7 Å². The first-order chi connectivity index (χ1) is 10.4. The highest BCUT2D eigenvalue weighted by Crippen LogP contribution is 2.27. The minimum Gasteiger partial charge on any atom is -0.506 e. The van der Waals surface area contributed by atoms with E-state index >= 15 is 0 Å². The summed E-state index contributed by atoms with van der Waals surface area (Å²) in [6, 6.07) is 2.90. The zero-order valence-electron chi connectivity index (χ0n) is 12.4. The number of halogens is 2. The van der Waals surface area contributed by atoms with Crippen LogP contribution in [-0.2, 0) is 9.53 Å². The molecule has 1 aromatic rings. The molecule has 1 aliphatic rings. The van der Waals surface area contributed by atoms with Gasteiger partial charge in [-0.3, -0.25) is 4.99 Å². The van der Waals surface area contributed by atoms with Crippen LogP contribution in [0.3, 0.4) is 0 Å². The fraction of sp³-hybridized carbons (Fsp3) is 0.375. The minimum atomic E-state index is -0.718.